The third kappa shape index (κ3) is 2.98. The van der Waals surface area contributed by atoms with E-state index < -0.39 is 0 Å². The number of carbonyl (C=O) groups excluding carboxylic acids is 2. The third-order valence-electron chi connectivity index (χ3n) is 5.69. The Balaban J connectivity index is 1.47. The van der Waals surface area contributed by atoms with Crippen LogP contribution in [0.2, 0.25) is 0 Å². The number of benzene rings is 2. The average molecular weight is 345 g/mol. The van der Waals surface area contributed by atoms with E-state index in [1.807, 2.05) is 19.1 Å². The Hall–Kier alpha value is -2.68. The molecular weight excluding hydrogens is 322 g/mol. The van der Waals surface area contributed by atoms with E-state index in [9.17, 15) is 9.59 Å². The van der Waals surface area contributed by atoms with E-state index in [0.717, 1.165) is 38.0 Å². The molecule has 1 aliphatic heterocycles. The fourth-order valence-corrected chi connectivity index (χ4v) is 4.16. The molecule has 4 rings (SSSR count). The zero-order valence-corrected chi connectivity index (χ0v) is 15.1. The van der Waals surface area contributed by atoms with E-state index in [4.69, 9.17) is 0 Å². The summed E-state index contributed by atoms with van der Waals surface area (Å²) in [5.74, 6) is 0.433. The highest BCUT2D eigenvalue weighted by molar-refractivity contribution is 6.39. The average Bonchev–Trinajstić information content (AvgIpc) is 2.94. The van der Waals surface area contributed by atoms with Crippen LogP contribution in [0.1, 0.15) is 46.0 Å². The first-order valence-corrected chi connectivity index (χ1v) is 9.33. The Morgan fingerprint density at radius 3 is 2.00 bits per heavy atom. The topological polar surface area (TPSA) is 37.4 Å². The van der Waals surface area contributed by atoms with Crippen LogP contribution in [-0.4, -0.2) is 29.6 Å². The van der Waals surface area contributed by atoms with Gasteiger partial charge in [-0.3, -0.25) is 9.59 Å². The van der Waals surface area contributed by atoms with Gasteiger partial charge in [0.1, 0.15) is 0 Å². The molecular formula is C23H23NO2. The summed E-state index contributed by atoms with van der Waals surface area (Å²) in [6, 6.07) is 17.7. The van der Waals surface area contributed by atoms with Gasteiger partial charge in [0, 0.05) is 29.9 Å². The van der Waals surface area contributed by atoms with Gasteiger partial charge in [-0.1, -0.05) is 54.6 Å². The summed E-state index contributed by atoms with van der Waals surface area (Å²) in [5, 5.41) is 0. The number of ketones is 2. The van der Waals surface area contributed by atoms with Crippen molar-refractivity contribution in [3.63, 3.8) is 0 Å². The van der Waals surface area contributed by atoms with Gasteiger partial charge in [0.2, 0.25) is 0 Å². The van der Waals surface area contributed by atoms with Crippen molar-refractivity contribution in [3.05, 3.63) is 82.6 Å². The molecule has 0 radical (unpaired) electrons. The number of nitrogens with zero attached hydrogens (tertiary/aromatic N) is 1. The van der Waals surface area contributed by atoms with E-state index in [1.165, 1.54) is 5.56 Å². The number of allylic oxidation sites excluding steroid dienone is 2. The second-order valence-electron chi connectivity index (χ2n) is 7.28. The molecule has 0 N–H and O–H groups in total. The molecule has 3 heteroatoms. The zero-order valence-electron chi connectivity index (χ0n) is 15.1. The fraction of sp³-hybridized carbons (Fsp3) is 0.304. The molecule has 1 aliphatic carbocycles. The van der Waals surface area contributed by atoms with Crippen molar-refractivity contribution in [2.75, 3.05) is 13.1 Å². The lowest BCUT2D eigenvalue weighted by molar-refractivity contribution is 0.0980. The number of hydrogen-bond donors (Lipinski definition) is 0. The van der Waals surface area contributed by atoms with Crippen molar-refractivity contribution in [1.29, 1.82) is 0 Å². The van der Waals surface area contributed by atoms with E-state index in [1.54, 1.807) is 12.1 Å². The molecule has 0 saturated carbocycles. The molecule has 1 heterocycles. The zero-order chi connectivity index (χ0) is 18.1. The summed E-state index contributed by atoms with van der Waals surface area (Å²) in [6.07, 6.45) is 3.29. The predicted molar refractivity (Wildman–Crippen MR) is 102 cm³/mol. The van der Waals surface area contributed by atoms with Crippen molar-refractivity contribution >= 4 is 11.6 Å². The second-order valence-corrected chi connectivity index (χ2v) is 7.28. The number of carbonyl (C=O) groups is 2. The van der Waals surface area contributed by atoms with Crippen molar-refractivity contribution < 1.29 is 9.59 Å². The lowest BCUT2D eigenvalue weighted by Gasteiger charge is -2.34. The molecule has 2 aliphatic rings. The summed E-state index contributed by atoms with van der Waals surface area (Å²) < 4.78 is 0. The van der Waals surface area contributed by atoms with Gasteiger partial charge in [-0.25, -0.2) is 0 Å². The molecule has 3 nitrogen and oxygen atoms in total. The standard InChI is InChI=1S/C23H23NO2/c1-16(21-22(25)19-9-5-6-10-20(19)23(21)26)24-13-11-18(12-14-24)15-17-7-3-2-4-8-17/h2-10,18H,11-15H2,1H3. The molecule has 26 heavy (non-hydrogen) atoms. The number of fused-ring (bicyclic) bond motifs is 1. The minimum atomic E-state index is -0.116. The molecule has 0 amide bonds. The summed E-state index contributed by atoms with van der Waals surface area (Å²) >= 11 is 0. The Morgan fingerprint density at radius 1 is 0.885 bits per heavy atom. The minimum Gasteiger partial charge on any atom is -0.374 e. The van der Waals surface area contributed by atoms with Crippen LogP contribution in [0.3, 0.4) is 0 Å². The van der Waals surface area contributed by atoms with Crippen molar-refractivity contribution in [3.8, 4) is 0 Å². The monoisotopic (exact) mass is 345 g/mol. The van der Waals surface area contributed by atoms with Gasteiger partial charge >= 0.3 is 0 Å². The van der Waals surface area contributed by atoms with Gasteiger partial charge in [0.15, 0.2) is 11.6 Å². The maximum Gasteiger partial charge on any atom is 0.199 e. The summed E-state index contributed by atoms with van der Waals surface area (Å²) in [6.45, 7) is 3.74. The molecule has 0 spiro atoms. The van der Waals surface area contributed by atoms with Crippen LogP contribution >= 0.6 is 0 Å². The number of rotatable bonds is 3. The van der Waals surface area contributed by atoms with E-state index in [-0.39, 0.29) is 11.6 Å². The van der Waals surface area contributed by atoms with Crippen LogP contribution in [0.15, 0.2) is 65.9 Å². The lowest BCUT2D eigenvalue weighted by atomic mass is 9.89. The van der Waals surface area contributed by atoms with Crippen LogP contribution in [0.25, 0.3) is 0 Å². The van der Waals surface area contributed by atoms with Crippen LogP contribution < -0.4 is 0 Å². The predicted octanol–water partition coefficient (Wildman–Crippen LogP) is 4.29. The van der Waals surface area contributed by atoms with Gasteiger partial charge in [0.25, 0.3) is 0 Å². The van der Waals surface area contributed by atoms with Crippen LogP contribution in [0, 0.1) is 5.92 Å². The Labute approximate surface area is 154 Å². The molecule has 1 saturated heterocycles. The van der Waals surface area contributed by atoms with Crippen LogP contribution in [0.4, 0.5) is 0 Å². The van der Waals surface area contributed by atoms with Crippen LogP contribution in [-0.2, 0) is 6.42 Å². The van der Waals surface area contributed by atoms with Crippen molar-refractivity contribution in [2.45, 2.75) is 26.2 Å². The van der Waals surface area contributed by atoms with Gasteiger partial charge in [-0.05, 0) is 37.7 Å². The number of Topliss-reactive ketones (excluding diaryl/α,β-unsaturated/α-hetero) is 2. The van der Waals surface area contributed by atoms with Gasteiger partial charge < -0.3 is 4.90 Å². The van der Waals surface area contributed by atoms with Crippen molar-refractivity contribution in [2.24, 2.45) is 5.92 Å². The maximum atomic E-state index is 12.7. The fourth-order valence-electron chi connectivity index (χ4n) is 4.16. The molecule has 2 aromatic carbocycles. The second kappa shape index (κ2) is 6.91. The lowest BCUT2D eigenvalue weighted by Crippen LogP contribution is -2.34. The SMILES string of the molecule is CC(=C1C(=O)c2ccccc2C1=O)N1CCC(Cc2ccccc2)CC1. The highest BCUT2D eigenvalue weighted by atomic mass is 16.2. The normalized spacial score (nSPS) is 17.6. The minimum absolute atomic E-state index is 0.116. The molecule has 0 atom stereocenters. The first-order chi connectivity index (χ1) is 12.6. The number of likely N-dealkylation sites (tertiary alicyclic amines) is 1. The van der Waals surface area contributed by atoms with Crippen molar-refractivity contribution in [1.82, 2.24) is 4.90 Å². The smallest absolute Gasteiger partial charge is 0.199 e. The Morgan fingerprint density at radius 2 is 1.42 bits per heavy atom. The number of hydrogen-bond acceptors (Lipinski definition) is 3. The molecule has 0 unspecified atom stereocenters. The van der Waals surface area contributed by atoms with E-state index in [2.05, 4.69) is 35.2 Å². The third-order valence-corrected chi connectivity index (χ3v) is 5.69. The summed E-state index contributed by atoms with van der Waals surface area (Å²) in [4.78, 5) is 27.6. The Bertz CT molecular complexity index is 837. The largest absolute Gasteiger partial charge is 0.374 e. The highest BCUT2D eigenvalue weighted by Gasteiger charge is 2.36. The van der Waals surface area contributed by atoms with Gasteiger partial charge in [-0.2, -0.15) is 0 Å². The first-order valence-electron chi connectivity index (χ1n) is 9.33. The summed E-state index contributed by atoms with van der Waals surface area (Å²) in [5.41, 5.74) is 3.69. The van der Waals surface area contributed by atoms with E-state index >= 15 is 0 Å². The molecule has 0 bridgehead atoms. The summed E-state index contributed by atoms with van der Waals surface area (Å²) in [7, 11) is 0. The van der Waals surface area contributed by atoms with E-state index in [0.29, 0.717) is 22.6 Å². The molecule has 2 aromatic rings. The van der Waals surface area contributed by atoms with Gasteiger partial charge in [0.05, 0.1) is 5.57 Å². The van der Waals surface area contributed by atoms with Crippen LogP contribution in [0.5, 0.6) is 0 Å². The molecule has 1 fully saturated rings. The number of piperidine rings is 1. The molecule has 132 valence electrons. The van der Waals surface area contributed by atoms with Gasteiger partial charge in [-0.15, -0.1) is 0 Å². The first kappa shape index (κ1) is 16.8. The quantitative estimate of drug-likeness (QED) is 0.615. The molecule has 0 aromatic heterocycles. The highest BCUT2D eigenvalue weighted by Crippen LogP contribution is 2.31. The maximum absolute atomic E-state index is 12.7. The Kier molecular flexibility index (Phi) is 4.46.